The summed E-state index contributed by atoms with van der Waals surface area (Å²) in [4.78, 5) is 0. The summed E-state index contributed by atoms with van der Waals surface area (Å²) < 4.78 is 104. The second kappa shape index (κ2) is 10.2. The standard InChI is InChI=1S/C46H28O/c1-2-11-33-27-34(22-19-29(33)9-1)30-17-20-32(21-18-30)44-37-13-5-7-15-39(37)45(40-16-8-6-14-38(40)44)35-24-26-43-42(28-35)41-25-23-31-10-3-4-12-36(31)46(41)47-43/h1-28H/i1D,2D,9D,11D,17D,18D,19D,20D,21D,22D,27D. The number of hydrogen-bond acceptors (Lipinski definition) is 1. The summed E-state index contributed by atoms with van der Waals surface area (Å²) in [7, 11) is 0. The van der Waals surface area contributed by atoms with E-state index >= 15 is 0 Å². The lowest BCUT2D eigenvalue weighted by Gasteiger charge is -2.18. The predicted molar refractivity (Wildman–Crippen MR) is 200 cm³/mol. The topological polar surface area (TPSA) is 13.1 Å². The van der Waals surface area contributed by atoms with E-state index in [1.807, 2.05) is 72.8 Å². The van der Waals surface area contributed by atoms with E-state index in [9.17, 15) is 5.48 Å². The van der Waals surface area contributed by atoms with Crippen LogP contribution in [0.3, 0.4) is 0 Å². The third-order valence-electron chi connectivity index (χ3n) is 8.96. The van der Waals surface area contributed by atoms with Crippen LogP contribution < -0.4 is 0 Å². The highest BCUT2D eigenvalue weighted by Crippen LogP contribution is 2.45. The molecule has 218 valence electrons. The van der Waals surface area contributed by atoms with Gasteiger partial charge in [-0.2, -0.15) is 0 Å². The first-order valence-electron chi connectivity index (χ1n) is 20.8. The third kappa shape index (κ3) is 4.03. The highest BCUT2D eigenvalue weighted by molar-refractivity contribution is 6.22. The van der Waals surface area contributed by atoms with E-state index in [1.165, 1.54) is 0 Å². The molecule has 1 heteroatoms. The molecule has 0 saturated carbocycles. The molecule has 0 aliphatic heterocycles. The van der Waals surface area contributed by atoms with Crippen LogP contribution in [0, 0.1) is 0 Å². The second-order valence-corrected chi connectivity index (χ2v) is 11.6. The van der Waals surface area contributed by atoms with Gasteiger partial charge in [-0.1, -0.05) is 145 Å². The minimum Gasteiger partial charge on any atom is -0.455 e. The highest BCUT2D eigenvalue weighted by Gasteiger charge is 2.18. The van der Waals surface area contributed by atoms with Crippen LogP contribution in [0.4, 0.5) is 0 Å². The molecule has 0 fully saturated rings. The molecular weight excluding hydrogens is 569 g/mol. The monoisotopic (exact) mass is 607 g/mol. The fourth-order valence-corrected chi connectivity index (χ4v) is 6.84. The molecule has 0 aliphatic carbocycles. The Morgan fingerprint density at radius 1 is 0.383 bits per heavy atom. The zero-order chi connectivity index (χ0) is 40.5. The fourth-order valence-electron chi connectivity index (χ4n) is 6.84. The van der Waals surface area contributed by atoms with Gasteiger partial charge in [0.25, 0.3) is 0 Å². The van der Waals surface area contributed by atoms with Crippen LogP contribution in [0.5, 0.6) is 0 Å². The van der Waals surface area contributed by atoms with Crippen molar-refractivity contribution in [2.75, 3.05) is 0 Å². The molecule has 0 spiro atoms. The lowest BCUT2D eigenvalue weighted by Crippen LogP contribution is -1.91. The molecule has 10 rings (SSSR count). The molecule has 9 aromatic carbocycles. The molecule has 0 N–H and O–H groups in total. The number of fused-ring (bicyclic) bond motifs is 8. The summed E-state index contributed by atoms with van der Waals surface area (Å²) in [5.74, 6) is 0. The van der Waals surface area contributed by atoms with Gasteiger partial charge in [0.05, 0.1) is 15.1 Å². The van der Waals surface area contributed by atoms with Crippen molar-refractivity contribution in [2.24, 2.45) is 0 Å². The van der Waals surface area contributed by atoms with Gasteiger partial charge in [-0.25, -0.2) is 0 Å². The first-order valence-corrected chi connectivity index (χ1v) is 15.3. The van der Waals surface area contributed by atoms with Crippen LogP contribution in [0.1, 0.15) is 15.1 Å². The normalized spacial score (nSPS) is 15.1. The molecule has 10 aromatic rings. The van der Waals surface area contributed by atoms with Crippen LogP contribution in [-0.4, -0.2) is 0 Å². The average Bonchev–Trinajstić information content (AvgIpc) is 3.62. The Bertz CT molecular complexity index is 3390. The predicted octanol–water partition coefficient (Wildman–Crippen LogP) is 13.2. The van der Waals surface area contributed by atoms with Gasteiger partial charge in [0.1, 0.15) is 11.2 Å². The minimum atomic E-state index is -0.633. The van der Waals surface area contributed by atoms with E-state index in [-0.39, 0.29) is 16.3 Å². The van der Waals surface area contributed by atoms with Crippen LogP contribution in [0.15, 0.2) is 174 Å². The average molecular weight is 608 g/mol. The van der Waals surface area contributed by atoms with Crippen molar-refractivity contribution < 1.29 is 19.5 Å². The molecule has 1 heterocycles. The smallest absolute Gasteiger partial charge is 0.143 e. The zero-order valence-electron chi connectivity index (χ0n) is 35.7. The summed E-state index contributed by atoms with van der Waals surface area (Å²) in [5, 5.41) is 6.41. The number of furan rings is 1. The van der Waals surface area contributed by atoms with E-state index in [0.717, 1.165) is 54.6 Å². The first kappa shape index (κ1) is 17.5. The maximum absolute atomic E-state index is 9.44. The lowest BCUT2D eigenvalue weighted by molar-refractivity contribution is 0.672. The third-order valence-corrected chi connectivity index (χ3v) is 8.96. The van der Waals surface area contributed by atoms with Crippen LogP contribution >= 0.6 is 0 Å². The second-order valence-electron chi connectivity index (χ2n) is 11.6. The lowest BCUT2D eigenvalue weighted by atomic mass is 9.85. The number of rotatable bonds is 3. The Morgan fingerprint density at radius 2 is 0.979 bits per heavy atom. The van der Waals surface area contributed by atoms with E-state index in [1.54, 1.807) is 0 Å². The first-order chi connectivity index (χ1) is 27.9. The SMILES string of the molecule is [2H]c1c([2H])c(-c2c3ccccc3c(-c3ccc4oc5c6ccccc6ccc5c4c3)c3ccccc23)c([2H])c([2H])c1-c1c([2H])c([2H])c2c([2H])c([2H])c([2H])c([2H])c2c1[2H]. The van der Waals surface area contributed by atoms with Crippen molar-refractivity contribution >= 4 is 65.0 Å². The Kier molecular flexibility index (Phi) is 3.79. The quantitative estimate of drug-likeness (QED) is 0.182. The Morgan fingerprint density at radius 3 is 1.70 bits per heavy atom. The summed E-state index contributed by atoms with van der Waals surface area (Å²) in [6.45, 7) is 0. The number of benzene rings is 9. The molecular formula is C46H28O. The molecule has 0 radical (unpaired) electrons. The van der Waals surface area contributed by atoms with Crippen molar-refractivity contribution in [1.29, 1.82) is 0 Å². The van der Waals surface area contributed by atoms with Gasteiger partial charge >= 0.3 is 0 Å². The maximum Gasteiger partial charge on any atom is 0.143 e. The van der Waals surface area contributed by atoms with Crippen molar-refractivity contribution in [3.05, 3.63) is 170 Å². The maximum atomic E-state index is 9.44. The zero-order valence-corrected chi connectivity index (χ0v) is 24.7. The van der Waals surface area contributed by atoms with Crippen molar-refractivity contribution in [3.8, 4) is 33.4 Å². The summed E-state index contributed by atoms with van der Waals surface area (Å²) in [6.07, 6.45) is 0. The fraction of sp³-hybridized carbons (Fsp3) is 0. The Balaban J connectivity index is 1.25. The van der Waals surface area contributed by atoms with E-state index in [0.29, 0.717) is 16.3 Å². The van der Waals surface area contributed by atoms with Crippen LogP contribution in [-0.2, 0) is 0 Å². The summed E-state index contributed by atoms with van der Waals surface area (Å²) >= 11 is 0. The number of hydrogen-bond donors (Lipinski definition) is 0. The Labute approximate surface area is 287 Å². The minimum absolute atomic E-state index is 0.0210. The molecule has 0 amide bonds. The summed E-state index contributed by atoms with van der Waals surface area (Å²) in [6, 6.07) is 27.5. The highest BCUT2D eigenvalue weighted by atomic mass is 16.3. The summed E-state index contributed by atoms with van der Waals surface area (Å²) in [5.41, 5.74) is 3.09. The molecule has 0 aliphatic rings. The van der Waals surface area contributed by atoms with E-state index in [2.05, 4.69) is 30.3 Å². The molecule has 0 atom stereocenters. The van der Waals surface area contributed by atoms with Gasteiger partial charge in [0, 0.05) is 16.2 Å². The van der Waals surface area contributed by atoms with Gasteiger partial charge in [-0.05, 0) is 95.3 Å². The van der Waals surface area contributed by atoms with Gasteiger partial charge in [0.2, 0.25) is 0 Å². The largest absolute Gasteiger partial charge is 0.455 e. The van der Waals surface area contributed by atoms with Gasteiger partial charge in [-0.3, -0.25) is 0 Å². The van der Waals surface area contributed by atoms with Crippen molar-refractivity contribution in [1.82, 2.24) is 0 Å². The molecule has 1 aromatic heterocycles. The van der Waals surface area contributed by atoms with Crippen molar-refractivity contribution in [2.45, 2.75) is 0 Å². The van der Waals surface area contributed by atoms with E-state index in [4.69, 9.17) is 14.0 Å². The molecule has 0 unspecified atom stereocenters. The van der Waals surface area contributed by atoms with Crippen molar-refractivity contribution in [3.63, 3.8) is 0 Å². The molecule has 0 bridgehead atoms. The van der Waals surface area contributed by atoms with Gasteiger partial charge in [0.15, 0.2) is 0 Å². The molecule has 47 heavy (non-hydrogen) atoms. The van der Waals surface area contributed by atoms with Gasteiger partial charge < -0.3 is 4.42 Å². The molecule has 1 nitrogen and oxygen atoms in total. The van der Waals surface area contributed by atoms with Crippen LogP contribution in [0.25, 0.3) is 98.4 Å². The van der Waals surface area contributed by atoms with Gasteiger partial charge in [-0.15, -0.1) is 0 Å². The van der Waals surface area contributed by atoms with E-state index < -0.39 is 77.6 Å². The van der Waals surface area contributed by atoms with Crippen LogP contribution in [0.2, 0.25) is 0 Å². The Hall–Kier alpha value is -6.18. The molecule has 0 saturated heterocycles.